The molecule has 8 rings (SSSR count). The number of likely N-dealkylation sites (tertiary alicyclic amines) is 1. The third kappa shape index (κ3) is 4.17. The lowest BCUT2D eigenvalue weighted by Crippen LogP contribution is -2.41. The minimum atomic E-state index is -0.130. The third-order valence-corrected chi connectivity index (χ3v) is 10.5. The van der Waals surface area contributed by atoms with E-state index in [-0.39, 0.29) is 35.8 Å². The fourth-order valence-electron chi connectivity index (χ4n) is 7.78. The van der Waals surface area contributed by atoms with Gasteiger partial charge in [0.15, 0.2) is 5.82 Å². The Labute approximate surface area is 250 Å². The van der Waals surface area contributed by atoms with Crippen LogP contribution in [0.4, 0.5) is 0 Å². The maximum Gasteiger partial charge on any atom is 0.308 e. The number of ether oxygens (including phenoxy) is 2. The van der Waals surface area contributed by atoms with Gasteiger partial charge in [0.05, 0.1) is 31.3 Å². The number of fused-ring (bicyclic) bond motifs is 4. The summed E-state index contributed by atoms with van der Waals surface area (Å²) in [6.45, 7) is 1.60. The molecule has 1 amide bonds. The van der Waals surface area contributed by atoms with Crippen molar-refractivity contribution >= 4 is 33.9 Å². The summed E-state index contributed by atoms with van der Waals surface area (Å²) in [5.41, 5.74) is 11.6. The highest BCUT2D eigenvalue weighted by molar-refractivity contribution is 6.00. The van der Waals surface area contributed by atoms with Crippen LogP contribution in [0.5, 0.6) is 5.75 Å². The van der Waals surface area contributed by atoms with Gasteiger partial charge in [-0.2, -0.15) is 0 Å². The maximum absolute atomic E-state index is 13.7. The zero-order valence-corrected chi connectivity index (χ0v) is 25.0. The zero-order valence-electron chi connectivity index (χ0n) is 25.0. The van der Waals surface area contributed by atoms with Crippen LogP contribution in [0.3, 0.4) is 0 Å². The van der Waals surface area contributed by atoms with Crippen molar-refractivity contribution < 1.29 is 19.1 Å². The number of pyridine rings is 1. The standard InChI is InChI=1S/C33H38N6O4/c1-37-29-24(12-21(14-27(29)42-2)32(40)39-16-19-7-9-25(39)28(19)34)36-31(37)26-13-18-6-8-23(20-10-22(11-20)33(41)43-3)35-30(18)38(26)15-17-4-5-17/h6,8,12-14,17,19-20,22,25,28H,4-5,7,9-11,15-16,34H2,1-3H3/t19?,20?,22?,25?,28-/m1/s1. The molecule has 4 fully saturated rings. The fourth-order valence-corrected chi connectivity index (χ4v) is 7.78. The average Bonchev–Trinajstić information content (AvgIpc) is 3.40. The predicted octanol–water partition coefficient (Wildman–Crippen LogP) is 4.24. The van der Waals surface area contributed by atoms with Gasteiger partial charge in [-0.15, -0.1) is 0 Å². The molecule has 0 radical (unpaired) electrons. The third-order valence-electron chi connectivity index (χ3n) is 10.5. The minimum absolute atomic E-state index is 0.0000575. The smallest absolute Gasteiger partial charge is 0.308 e. The van der Waals surface area contributed by atoms with Gasteiger partial charge in [-0.05, 0) is 80.7 Å². The SMILES string of the molecule is COC(=O)C1CC(c2ccc3cc(-c4nc5cc(C(=O)N6CC7CCC6[C@@H]7N)cc(OC)c5n4C)n(CC4CC4)c3n2)C1. The number of aromatic nitrogens is 4. The number of aryl methyl sites for hydroxylation is 1. The van der Waals surface area contributed by atoms with E-state index in [1.807, 2.05) is 24.1 Å². The predicted molar refractivity (Wildman–Crippen MR) is 162 cm³/mol. The lowest BCUT2D eigenvalue weighted by Gasteiger charge is -2.32. The summed E-state index contributed by atoms with van der Waals surface area (Å²) in [5.74, 6) is 2.56. The molecule has 1 aromatic carbocycles. The Kier molecular flexibility index (Phi) is 6.08. The number of rotatable bonds is 7. The van der Waals surface area contributed by atoms with Gasteiger partial charge in [-0.3, -0.25) is 9.59 Å². The summed E-state index contributed by atoms with van der Waals surface area (Å²) in [5, 5.41) is 1.07. The number of nitrogens with two attached hydrogens (primary N) is 1. The highest BCUT2D eigenvalue weighted by Gasteiger charge is 2.47. The number of amides is 1. The van der Waals surface area contributed by atoms with E-state index in [1.54, 1.807) is 7.11 Å². The van der Waals surface area contributed by atoms with E-state index >= 15 is 0 Å². The van der Waals surface area contributed by atoms with Gasteiger partial charge in [0.25, 0.3) is 5.91 Å². The molecule has 43 heavy (non-hydrogen) atoms. The molecule has 3 saturated carbocycles. The van der Waals surface area contributed by atoms with Gasteiger partial charge >= 0.3 is 5.97 Å². The molecule has 4 aromatic rings. The van der Waals surface area contributed by atoms with E-state index in [4.69, 9.17) is 25.2 Å². The van der Waals surface area contributed by atoms with Gasteiger partial charge in [0.2, 0.25) is 0 Å². The van der Waals surface area contributed by atoms with Gasteiger partial charge < -0.3 is 29.2 Å². The van der Waals surface area contributed by atoms with E-state index < -0.39 is 0 Å². The molecular formula is C33H38N6O4. The Morgan fingerprint density at radius 3 is 2.53 bits per heavy atom. The fraction of sp³-hybridized carbons (Fsp3) is 0.515. The first-order chi connectivity index (χ1) is 20.8. The Bertz CT molecular complexity index is 1780. The van der Waals surface area contributed by atoms with Gasteiger partial charge in [0, 0.05) is 54.8 Å². The molecule has 3 aromatic heterocycles. The number of piperidine rings is 1. The molecule has 3 atom stereocenters. The van der Waals surface area contributed by atoms with Crippen molar-refractivity contribution in [1.29, 1.82) is 0 Å². The van der Waals surface area contributed by atoms with Crippen LogP contribution in [0.25, 0.3) is 33.6 Å². The highest BCUT2D eigenvalue weighted by atomic mass is 16.5. The molecule has 10 heteroatoms. The number of nitrogens with zero attached hydrogens (tertiary/aromatic N) is 5. The number of carbonyl (C=O) groups excluding carboxylic acids is 2. The Morgan fingerprint density at radius 1 is 1.05 bits per heavy atom. The van der Waals surface area contributed by atoms with Crippen LogP contribution < -0.4 is 10.5 Å². The van der Waals surface area contributed by atoms with Crippen molar-refractivity contribution in [2.45, 2.75) is 63.1 Å². The molecule has 10 nitrogen and oxygen atoms in total. The summed E-state index contributed by atoms with van der Waals surface area (Å²) in [6.07, 6.45) is 6.05. The second kappa shape index (κ2) is 9.80. The second-order valence-corrected chi connectivity index (χ2v) is 13.1. The van der Waals surface area contributed by atoms with Crippen molar-refractivity contribution in [3.05, 3.63) is 41.6 Å². The second-order valence-electron chi connectivity index (χ2n) is 13.1. The van der Waals surface area contributed by atoms with E-state index in [0.717, 1.165) is 78.1 Å². The molecule has 2 N–H and O–H groups in total. The highest BCUT2D eigenvalue weighted by Crippen LogP contribution is 2.43. The Hall–Kier alpha value is -3.92. The Morgan fingerprint density at radius 2 is 1.86 bits per heavy atom. The van der Waals surface area contributed by atoms with Crippen molar-refractivity contribution in [2.24, 2.45) is 30.5 Å². The largest absolute Gasteiger partial charge is 0.494 e. The van der Waals surface area contributed by atoms with Crippen LogP contribution in [0.15, 0.2) is 30.3 Å². The summed E-state index contributed by atoms with van der Waals surface area (Å²) < 4.78 is 15.2. The topological polar surface area (TPSA) is 118 Å². The first-order valence-corrected chi connectivity index (χ1v) is 15.5. The van der Waals surface area contributed by atoms with Crippen LogP contribution >= 0.6 is 0 Å². The molecule has 224 valence electrons. The zero-order chi connectivity index (χ0) is 29.6. The summed E-state index contributed by atoms with van der Waals surface area (Å²) in [7, 11) is 5.10. The van der Waals surface area contributed by atoms with E-state index in [2.05, 4.69) is 27.3 Å². The lowest BCUT2D eigenvalue weighted by molar-refractivity contribution is -0.148. The van der Waals surface area contributed by atoms with Crippen LogP contribution in [0, 0.1) is 17.8 Å². The summed E-state index contributed by atoms with van der Waals surface area (Å²) in [4.78, 5) is 37.9. The lowest BCUT2D eigenvalue weighted by atomic mass is 9.73. The van der Waals surface area contributed by atoms with E-state index in [0.29, 0.717) is 23.1 Å². The van der Waals surface area contributed by atoms with Crippen molar-refractivity contribution in [3.63, 3.8) is 0 Å². The van der Waals surface area contributed by atoms with Crippen molar-refractivity contribution in [3.8, 4) is 17.3 Å². The van der Waals surface area contributed by atoms with Crippen molar-refractivity contribution in [2.75, 3.05) is 20.8 Å². The van der Waals surface area contributed by atoms with Crippen LogP contribution in [0.1, 0.15) is 60.5 Å². The molecule has 2 bridgehead atoms. The van der Waals surface area contributed by atoms with Crippen LogP contribution in [-0.4, -0.2) is 68.7 Å². The first-order valence-electron chi connectivity index (χ1n) is 15.5. The quantitative estimate of drug-likeness (QED) is 0.324. The first kappa shape index (κ1) is 26.7. The number of benzene rings is 1. The molecule has 4 heterocycles. The number of esters is 1. The van der Waals surface area contributed by atoms with Gasteiger partial charge in [-0.1, -0.05) is 0 Å². The summed E-state index contributed by atoms with van der Waals surface area (Å²) >= 11 is 0. The van der Waals surface area contributed by atoms with E-state index in [1.165, 1.54) is 20.0 Å². The molecule has 4 aliphatic rings. The van der Waals surface area contributed by atoms with Crippen LogP contribution in [0.2, 0.25) is 0 Å². The number of hydrogen-bond acceptors (Lipinski definition) is 7. The molecule has 2 unspecified atom stereocenters. The monoisotopic (exact) mass is 582 g/mol. The van der Waals surface area contributed by atoms with Gasteiger partial charge in [0.1, 0.15) is 16.9 Å². The van der Waals surface area contributed by atoms with E-state index in [9.17, 15) is 9.59 Å². The molecule has 0 spiro atoms. The minimum Gasteiger partial charge on any atom is -0.494 e. The normalized spacial score (nSPS) is 26.3. The summed E-state index contributed by atoms with van der Waals surface area (Å²) in [6, 6.07) is 10.3. The molecule has 3 aliphatic carbocycles. The molecule has 1 saturated heterocycles. The molecule has 1 aliphatic heterocycles. The molecular weight excluding hydrogens is 544 g/mol. The number of imidazole rings is 1. The van der Waals surface area contributed by atoms with Crippen LogP contribution in [-0.2, 0) is 23.1 Å². The average molecular weight is 583 g/mol. The Balaban J connectivity index is 1.18. The van der Waals surface area contributed by atoms with Gasteiger partial charge in [-0.25, -0.2) is 9.97 Å². The van der Waals surface area contributed by atoms with Crippen molar-refractivity contribution in [1.82, 2.24) is 24.0 Å². The number of methoxy groups -OCH3 is 2. The maximum atomic E-state index is 13.7. The number of carbonyl (C=O) groups is 2. The number of hydrogen-bond donors (Lipinski definition) is 1.